The first-order chi connectivity index (χ1) is 16.8. The molecule has 1 aromatic carbocycles. The number of ether oxygens (including phenoxy) is 2. The van der Waals surface area contributed by atoms with Gasteiger partial charge in [0, 0.05) is 23.9 Å². The van der Waals surface area contributed by atoms with Crippen molar-refractivity contribution in [1.82, 2.24) is 14.9 Å². The lowest BCUT2D eigenvalue weighted by atomic mass is 9.99. The summed E-state index contributed by atoms with van der Waals surface area (Å²) in [7, 11) is 0. The molecule has 1 atom stereocenters. The van der Waals surface area contributed by atoms with Crippen LogP contribution >= 0.6 is 11.3 Å². The summed E-state index contributed by atoms with van der Waals surface area (Å²) in [6, 6.07) is 3.09. The highest BCUT2D eigenvalue weighted by atomic mass is 32.1. The zero-order valence-corrected chi connectivity index (χ0v) is 19.6. The molecule has 1 aliphatic carbocycles. The van der Waals surface area contributed by atoms with Crippen LogP contribution < -0.4 is 10.1 Å². The Hall–Kier alpha value is -3.15. The van der Waals surface area contributed by atoms with Crippen LogP contribution in [-0.4, -0.2) is 51.6 Å². The molecule has 0 saturated heterocycles. The van der Waals surface area contributed by atoms with Crippen molar-refractivity contribution in [3.63, 3.8) is 0 Å². The first kappa shape index (κ1) is 22.3. The number of aliphatic imine (C=N–C) groups is 1. The van der Waals surface area contributed by atoms with E-state index in [4.69, 9.17) is 14.5 Å². The van der Waals surface area contributed by atoms with Gasteiger partial charge in [-0.05, 0) is 31.9 Å². The molecule has 2 aliphatic heterocycles. The second-order valence-electron chi connectivity index (χ2n) is 8.96. The van der Waals surface area contributed by atoms with Crippen LogP contribution in [0.15, 0.2) is 29.4 Å². The predicted octanol–water partition coefficient (Wildman–Crippen LogP) is 3.29. The zero-order valence-electron chi connectivity index (χ0n) is 18.8. The second-order valence-corrected chi connectivity index (χ2v) is 9.92. The van der Waals surface area contributed by atoms with E-state index >= 15 is 0 Å². The first-order valence-electron chi connectivity index (χ1n) is 11.3. The van der Waals surface area contributed by atoms with Crippen LogP contribution in [0.3, 0.4) is 0 Å². The number of carbonyl (C=O) groups is 1. The number of fused-ring (bicyclic) bond motifs is 5. The van der Waals surface area contributed by atoms with Gasteiger partial charge in [-0.3, -0.25) is 14.4 Å². The maximum Gasteiger partial charge on any atom is 0.271 e. The summed E-state index contributed by atoms with van der Waals surface area (Å²) in [5.74, 6) is -1.42. The molecule has 6 rings (SSSR count). The molecular formula is C24H22F2N4O4S. The van der Waals surface area contributed by atoms with Crippen molar-refractivity contribution >= 4 is 23.0 Å². The number of benzene rings is 1. The topological polar surface area (TPSA) is 98.0 Å². The molecule has 1 fully saturated rings. The number of aliphatic hydroxyl groups is 1. The molecule has 0 unspecified atom stereocenters. The van der Waals surface area contributed by atoms with Crippen LogP contribution in [0.4, 0.5) is 8.78 Å². The lowest BCUT2D eigenvalue weighted by Gasteiger charge is -2.12. The molecular weight excluding hydrogens is 478 g/mol. The fourth-order valence-corrected chi connectivity index (χ4v) is 5.48. The number of nitrogens with one attached hydrogen (secondary N) is 1. The molecule has 0 spiro atoms. The van der Waals surface area contributed by atoms with Gasteiger partial charge in [-0.25, -0.2) is 13.8 Å². The molecule has 182 valence electrons. The second kappa shape index (κ2) is 8.21. The number of halogens is 2. The SMILES string of the molecule is C[C@@H]1N=C(c2c(F)cccc2F)c2c(sc3c2COCCO3)-n2cc(C(=O)NCC3(O)CC3)nc21. The Morgan fingerprint density at radius 3 is 2.80 bits per heavy atom. The molecule has 2 aromatic heterocycles. The third-order valence-corrected chi connectivity index (χ3v) is 7.53. The number of carbonyl (C=O) groups excluding carboxylic acids is 1. The molecule has 3 aliphatic rings. The van der Waals surface area contributed by atoms with Crippen molar-refractivity contribution in [2.24, 2.45) is 4.99 Å². The van der Waals surface area contributed by atoms with Crippen molar-refractivity contribution in [2.45, 2.75) is 38.0 Å². The van der Waals surface area contributed by atoms with E-state index in [1.165, 1.54) is 29.5 Å². The van der Waals surface area contributed by atoms with E-state index in [9.17, 15) is 18.7 Å². The molecule has 11 heteroatoms. The Kier molecular flexibility index (Phi) is 5.24. The number of hydrogen-bond donors (Lipinski definition) is 2. The fourth-order valence-electron chi connectivity index (χ4n) is 4.31. The Balaban J connectivity index is 1.50. The van der Waals surface area contributed by atoms with Crippen LogP contribution in [0.2, 0.25) is 0 Å². The van der Waals surface area contributed by atoms with Gasteiger partial charge in [-0.2, -0.15) is 0 Å². The standard InChI is InChI=1S/C24H22F2N4O4S/c1-12-20-29-16(21(31)27-11-24(32)5-6-24)9-30(20)22-17(13-10-33-7-8-34-23(13)35-22)19(28-12)18-14(25)3-2-4-15(18)26/h2-4,9,12,32H,5-8,10-11H2,1H3,(H,27,31)/t12-/m0/s1. The molecule has 8 nitrogen and oxygen atoms in total. The maximum absolute atomic E-state index is 14.9. The summed E-state index contributed by atoms with van der Waals surface area (Å²) in [6.45, 7) is 2.84. The van der Waals surface area contributed by atoms with Crippen molar-refractivity contribution < 1.29 is 28.2 Å². The Morgan fingerprint density at radius 2 is 2.06 bits per heavy atom. The van der Waals surface area contributed by atoms with Gasteiger partial charge in [0.1, 0.15) is 40.8 Å². The molecule has 4 heterocycles. The van der Waals surface area contributed by atoms with Gasteiger partial charge in [0.15, 0.2) is 5.06 Å². The summed E-state index contributed by atoms with van der Waals surface area (Å²) < 4.78 is 43.2. The highest BCUT2D eigenvalue weighted by Gasteiger charge is 2.41. The van der Waals surface area contributed by atoms with Gasteiger partial charge in [0.2, 0.25) is 0 Å². The van der Waals surface area contributed by atoms with Crippen LogP contribution in [-0.2, 0) is 11.3 Å². The molecule has 35 heavy (non-hydrogen) atoms. The third kappa shape index (κ3) is 3.83. The number of rotatable bonds is 4. The van der Waals surface area contributed by atoms with Gasteiger partial charge in [0.05, 0.1) is 30.1 Å². The molecule has 1 saturated carbocycles. The number of imidazole rings is 1. The van der Waals surface area contributed by atoms with Crippen LogP contribution in [0.1, 0.15) is 58.8 Å². The van der Waals surface area contributed by atoms with Crippen LogP contribution in [0, 0.1) is 11.6 Å². The average molecular weight is 501 g/mol. The average Bonchev–Trinajstić information content (AvgIpc) is 3.36. The van der Waals surface area contributed by atoms with Gasteiger partial charge in [-0.15, -0.1) is 0 Å². The van der Waals surface area contributed by atoms with E-state index in [0.29, 0.717) is 53.1 Å². The maximum atomic E-state index is 14.9. The molecule has 0 bridgehead atoms. The van der Waals surface area contributed by atoms with E-state index in [-0.39, 0.29) is 30.1 Å². The molecule has 1 amide bonds. The van der Waals surface area contributed by atoms with Crippen molar-refractivity contribution in [3.8, 4) is 10.1 Å². The smallest absolute Gasteiger partial charge is 0.271 e. The Morgan fingerprint density at radius 1 is 1.29 bits per heavy atom. The van der Waals surface area contributed by atoms with Crippen molar-refractivity contribution in [3.05, 3.63) is 64.2 Å². The molecule has 2 N–H and O–H groups in total. The third-order valence-electron chi connectivity index (χ3n) is 6.38. The normalized spacial score (nSPS) is 19.9. The predicted molar refractivity (Wildman–Crippen MR) is 124 cm³/mol. The number of aromatic nitrogens is 2. The van der Waals surface area contributed by atoms with E-state index in [1.807, 2.05) is 0 Å². The van der Waals surface area contributed by atoms with Crippen LogP contribution in [0.5, 0.6) is 5.06 Å². The molecule has 3 aromatic rings. The Labute approximate surface area is 203 Å². The van der Waals surface area contributed by atoms with Gasteiger partial charge in [-0.1, -0.05) is 17.4 Å². The van der Waals surface area contributed by atoms with Crippen LogP contribution in [0.25, 0.3) is 5.00 Å². The van der Waals surface area contributed by atoms with E-state index < -0.39 is 29.2 Å². The summed E-state index contributed by atoms with van der Waals surface area (Å²) in [5.41, 5.74) is 0.406. The van der Waals surface area contributed by atoms with Gasteiger partial charge >= 0.3 is 0 Å². The summed E-state index contributed by atoms with van der Waals surface area (Å²) in [4.78, 5) is 22.0. The monoisotopic (exact) mass is 500 g/mol. The van der Waals surface area contributed by atoms with E-state index in [0.717, 1.165) is 0 Å². The minimum absolute atomic E-state index is 0.155. The highest BCUT2D eigenvalue weighted by molar-refractivity contribution is 7.17. The first-order valence-corrected chi connectivity index (χ1v) is 12.2. The van der Waals surface area contributed by atoms with E-state index in [1.54, 1.807) is 17.7 Å². The number of thiophene rings is 1. The quantitative estimate of drug-likeness (QED) is 0.573. The number of nitrogens with zero attached hydrogens (tertiary/aromatic N) is 3. The fraction of sp³-hybridized carbons (Fsp3) is 0.375. The highest BCUT2D eigenvalue weighted by Crippen LogP contribution is 2.44. The van der Waals surface area contributed by atoms with Crippen molar-refractivity contribution in [2.75, 3.05) is 19.8 Å². The minimum Gasteiger partial charge on any atom is -0.481 e. The van der Waals surface area contributed by atoms with Crippen molar-refractivity contribution in [1.29, 1.82) is 0 Å². The number of hydrogen-bond acceptors (Lipinski definition) is 7. The van der Waals surface area contributed by atoms with E-state index in [2.05, 4.69) is 10.3 Å². The minimum atomic E-state index is -0.835. The molecule has 0 radical (unpaired) electrons. The summed E-state index contributed by atoms with van der Waals surface area (Å²) in [6.07, 6.45) is 2.89. The van der Waals surface area contributed by atoms with Gasteiger partial charge < -0.3 is 19.9 Å². The Bertz CT molecular complexity index is 1360. The lowest BCUT2D eigenvalue weighted by molar-refractivity contribution is 0.0891. The van der Waals surface area contributed by atoms with Gasteiger partial charge in [0.25, 0.3) is 5.91 Å². The summed E-state index contributed by atoms with van der Waals surface area (Å²) >= 11 is 1.30. The zero-order chi connectivity index (χ0) is 24.3. The summed E-state index contributed by atoms with van der Waals surface area (Å²) in [5, 5.41) is 14.0. The lowest BCUT2D eigenvalue weighted by Crippen LogP contribution is -2.33. The largest absolute Gasteiger partial charge is 0.481 e. The number of amides is 1.